The fourth-order valence-corrected chi connectivity index (χ4v) is 12.3. The number of nitrogens with zero attached hydrogens (tertiary/aromatic N) is 1. The van der Waals surface area contributed by atoms with E-state index in [9.17, 15) is 19.5 Å². The molecule has 4 saturated carbocycles. The minimum absolute atomic E-state index is 0.0794. The molecule has 1 aromatic rings. The van der Waals surface area contributed by atoms with Crippen LogP contribution >= 0.6 is 0 Å². The van der Waals surface area contributed by atoms with Crippen LogP contribution in [0.3, 0.4) is 0 Å². The summed E-state index contributed by atoms with van der Waals surface area (Å²) in [5.41, 5.74) is 3.74. The first kappa shape index (κ1) is 41.7. The summed E-state index contributed by atoms with van der Waals surface area (Å²) in [4.78, 5) is 45.4. The van der Waals surface area contributed by atoms with Crippen LogP contribution in [0.4, 0.5) is 0 Å². The van der Waals surface area contributed by atoms with Crippen molar-refractivity contribution in [1.29, 1.82) is 0 Å². The number of hydrogen-bond acceptors (Lipinski definition) is 5. The lowest BCUT2D eigenvalue weighted by molar-refractivity contribution is -0.144. The molecular formula is C47H72N4O4. The van der Waals surface area contributed by atoms with E-state index >= 15 is 0 Å². The minimum Gasteiger partial charge on any atom is -0.393 e. The zero-order valence-corrected chi connectivity index (χ0v) is 34.9. The second-order valence-corrected chi connectivity index (χ2v) is 19.7. The molecule has 4 aliphatic carbocycles. The van der Waals surface area contributed by atoms with Crippen molar-refractivity contribution >= 4 is 17.7 Å². The van der Waals surface area contributed by atoms with Crippen molar-refractivity contribution in [1.82, 2.24) is 20.9 Å². The molecule has 6 rings (SSSR count). The molecule has 10 atom stereocenters. The number of rotatable bonds is 11. The second kappa shape index (κ2) is 17.3. The molecule has 1 heterocycles. The first-order chi connectivity index (χ1) is 26.1. The highest BCUT2D eigenvalue weighted by Gasteiger charge is 2.53. The molecule has 3 amide bonds. The summed E-state index contributed by atoms with van der Waals surface area (Å²) in [5, 5.41) is 21.7. The van der Waals surface area contributed by atoms with Crippen molar-refractivity contribution in [2.45, 2.75) is 155 Å². The number of hydrogen-bond donors (Lipinski definition) is 4. The SMILES string of the molecule is C=C1CCCC2(C)CCC(C(C)C)C(NC(=O)C3CC(O)CC(C(=O)NC4C(C(C)C)CCC5(C)CCCC(=C)C45)N3CC(=O)NCCc3ccccc3)C12. The molecule has 0 bridgehead atoms. The van der Waals surface area contributed by atoms with E-state index in [4.69, 9.17) is 0 Å². The maximum absolute atomic E-state index is 14.9. The van der Waals surface area contributed by atoms with Crippen LogP contribution in [0.25, 0.3) is 0 Å². The molecule has 8 nitrogen and oxygen atoms in total. The number of fused-ring (bicyclic) bond motifs is 2. The monoisotopic (exact) mass is 757 g/mol. The molecule has 0 spiro atoms. The molecule has 304 valence electrons. The topological polar surface area (TPSA) is 111 Å². The molecule has 0 aromatic heterocycles. The Morgan fingerprint density at radius 1 is 0.782 bits per heavy atom. The molecule has 1 saturated heterocycles. The fraction of sp³-hybridized carbons (Fsp3) is 0.723. The lowest BCUT2D eigenvalue weighted by atomic mass is 9.53. The van der Waals surface area contributed by atoms with E-state index < -0.39 is 18.2 Å². The third-order valence-electron chi connectivity index (χ3n) is 15.2. The van der Waals surface area contributed by atoms with Crippen molar-refractivity contribution in [2.24, 2.45) is 46.3 Å². The van der Waals surface area contributed by atoms with Crippen LogP contribution in [0.15, 0.2) is 54.6 Å². The average molecular weight is 757 g/mol. The highest BCUT2D eigenvalue weighted by Crippen LogP contribution is 2.56. The van der Waals surface area contributed by atoms with Gasteiger partial charge >= 0.3 is 0 Å². The van der Waals surface area contributed by atoms with Crippen molar-refractivity contribution in [3.63, 3.8) is 0 Å². The van der Waals surface area contributed by atoms with Crippen LogP contribution in [0.5, 0.6) is 0 Å². The van der Waals surface area contributed by atoms with Crippen LogP contribution in [0, 0.1) is 46.3 Å². The van der Waals surface area contributed by atoms with E-state index in [0.29, 0.717) is 24.8 Å². The molecule has 5 fully saturated rings. The lowest BCUT2D eigenvalue weighted by Gasteiger charge is -2.55. The third kappa shape index (κ3) is 8.96. The number of likely N-dealkylation sites (tertiary alicyclic amines) is 1. The highest BCUT2D eigenvalue weighted by molar-refractivity contribution is 5.88. The van der Waals surface area contributed by atoms with Crippen LogP contribution in [0.1, 0.15) is 124 Å². The summed E-state index contributed by atoms with van der Waals surface area (Å²) >= 11 is 0. The van der Waals surface area contributed by atoms with E-state index in [1.165, 1.54) is 11.1 Å². The number of nitrogens with one attached hydrogen (secondary N) is 3. The smallest absolute Gasteiger partial charge is 0.237 e. The number of aliphatic hydroxyl groups is 1. The highest BCUT2D eigenvalue weighted by atomic mass is 16.3. The molecular weight excluding hydrogens is 685 g/mol. The number of amides is 3. The van der Waals surface area contributed by atoms with Crippen LogP contribution < -0.4 is 16.0 Å². The molecule has 1 aromatic carbocycles. The van der Waals surface area contributed by atoms with Gasteiger partial charge in [0.2, 0.25) is 17.7 Å². The van der Waals surface area contributed by atoms with Crippen LogP contribution in [-0.4, -0.2) is 71.1 Å². The molecule has 5 aliphatic rings. The van der Waals surface area contributed by atoms with Gasteiger partial charge in [0.15, 0.2) is 0 Å². The summed E-state index contributed by atoms with van der Waals surface area (Å²) in [6, 6.07) is 8.21. The fourth-order valence-electron chi connectivity index (χ4n) is 12.3. The number of carbonyl (C=O) groups is 3. The summed E-state index contributed by atoms with van der Waals surface area (Å²) in [7, 11) is 0. The van der Waals surface area contributed by atoms with Gasteiger partial charge in [0.05, 0.1) is 24.7 Å². The van der Waals surface area contributed by atoms with Gasteiger partial charge in [-0.2, -0.15) is 0 Å². The van der Waals surface area contributed by atoms with E-state index in [1.54, 1.807) is 0 Å². The standard InChI is InChI=1S/C47H72N4O4/c1-29(2)35-18-23-46(7)21-12-14-31(5)40(46)42(35)49-44(54)37-26-34(52)27-38(51(37)28-39(53)48-25-20-33-16-10-9-11-17-33)45(55)50-43-36(30(3)4)19-24-47(8)22-13-15-32(6)41(43)47/h9-11,16-17,29-30,34-38,40-43,52H,5-6,12-15,18-28H2,1-4,7-8H3,(H,48,53)(H,49,54)(H,50,55). The third-order valence-corrected chi connectivity index (χ3v) is 15.2. The zero-order valence-electron chi connectivity index (χ0n) is 34.9. The number of piperidine rings is 1. The molecule has 4 N–H and O–H groups in total. The summed E-state index contributed by atoms with van der Waals surface area (Å²) in [5.74, 6) is 1.05. The van der Waals surface area contributed by atoms with E-state index in [1.807, 2.05) is 35.2 Å². The predicted molar refractivity (Wildman–Crippen MR) is 221 cm³/mol. The van der Waals surface area contributed by atoms with Gasteiger partial charge in [0.25, 0.3) is 0 Å². The van der Waals surface area contributed by atoms with E-state index in [0.717, 1.165) is 69.8 Å². The van der Waals surface area contributed by atoms with Gasteiger partial charge in [-0.3, -0.25) is 19.3 Å². The van der Waals surface area contributed by atoms with Crippen LogP contribution in [-0.2, 0) is 20.8 Å². The summed E-state index contributed by atoms with van der Waals surface area (Å²) < 4.78 is 0. The summed E-state index contributed by atoms with van der Waals surface area (Å²) in [6.07, 6.45) is 10.9. The Morgan fingerprint density at radius 3 is 1.71 bits per heavy atom. The predicted octanol–water partition coefficient (Wildman–Crippen LogP) is 7.37. The Morgan fingerprint density at radius 2 is 1.25 bits per heavy atom. The first-order valence-corrected chi connectivity index (χ1v) is 21.8. The minimum atomic E-state index is -0.854. The maximum atomic E-state index is 14.9. The Hall–Kier alpha value is -2.97. The van der Waals surface area contributed by atoms with Crippen molar-refractivity contribution < 1.29 is 19.5 Å². The average Bonchev–Trinajstić information content (AvgIpc) is 3.12. The number of carbonyl (C=O) groups excluding carboxylic acids is 3. The Bertz CT molecular complexity index is 1470. The molecule has 0 radical (unpaired) electrons. The Balaban J connectivity index is 1.28. The Labute approximate surface area is 332 Å². The zero-order chi connectivity index (χ0) is 39.7. The lowest BCUT2D eigenvalue weighted by Crippen LogP contribution is -2.66. The van der Waals surface area contributed by atoms with Gasteiger partial charge in [-0.25, -0.2) is 0 Å². The van der Waals surface area contributed by atoms with Crippen molar-refractivity contribution in [3.05, 3.63) is 60.2 Å². The number of benzene rings is 1. The molecule has 55 heavy (non-hydrogen) atoms. The normalized spacial score (nSPS) is 36.9. The van der Waals surface area contributed by atoms with Crippen molar-refractivity contribution in [2.75, 3.05) is 13.1 Å². The van der Waals surface area contributed by atoms with E-state index in [2.05, 4.69) is 70.7 Å². The molecule has 8 heteroatoms. The maximum Gasteiger partial charge on any atom is 0.237 e. The van der Waals surface area contributed by atoms with Crippen LogP contribution in [0.2, 0.25) is 0 Å². The van der Waals surface area contributed by atoms with Gasteiger partial charge in [-0.15, -0.1) is 0 Å². The largest absolute Gasteiger partial charge is 0.393 e. The second-order valence-electron chi connectivity index (χ2n) is 19.7. The van der Waals surface area contributed by atoms with Gasteiger partial charge in [-0.05, 0) is 124 Å². The quantitative estimate of drug-likeness (QED) is 0.177. The van der Waals surface area contributed by atoms with Gasteiger partial charge in [0, 0.05) is 30.5 Å². The van der Waals surface area contributed by atoms with Gasteiger partial charge < -0.3 is 21.1 Å². The molecule has 10 unspecified atom stereocenters. The first-order valence-electron chi connectivity index (χ1n) is 21.8. The molecule has 1 aliphatic heterocycles. The summed E-state index contributed by atoms with van der Waals surface area (Å²) in [6.45, 7) is 23.2. The van der Waals surface area contributed by atoms with Gasteiger partial charge in [0.1, 0.15) is 0 Å². The van der Waals surface area contributed by atoms with Gasteiger partial charge in [-0.1, -0.05) is 96.2 Å². The van der Waals surface area contributed by atoms with Crippen molar-refractivity contribution in [3.8, 4) is 0 Å². The Kier molecular flexibility index (Phi) is 13.1. The van der Waals surface area contributed by atoms with E-state index in [-0.39, 0.29) is 83.7 Å². The number of aliphatic hydroxyl groups excluding tert-OH is 1.